The van der Waals surface area contributed by atoms with E-state index in [0.29, 0.717) is 0 Å². The highest BCUT2D eigenvalue weighted by molar-refractivity contribution is 6.38. The van der Waals surface area contributed by atoms with E-state index in [0.717, 1.165) is 27.0 Å². The summed E-state index contributed by atoms with van der Waals surface area (Å²) in [6.45, 7) is 0. The van der Waals surface area contributed by atoms with Gasteiger partial charge in [-0.05, 0) is 23.6 Å². The van der Waals surface area contributed by atoms with E-state index in [2.05, 4.69) is 18.2 Å². The summed E-state index contributed by atoms with van der Waals surface area (Å²) in [6.07, 6.45) is 0. The van der Waals surface area contributed by atoms with Crippen LogP contribution in [0.4, 0.5) is 0 Å². The molecule has 4 aromatic rings. The highest BCUT2D eigenvalue weighted by Crippen LogP contribution is 2.39. The van der Waals surface area contributed by atoms with Crippen LogP contribution >= 0.6 is 11.6 Å². The minimum absolute atomic E-state index is 0.779. The zero-order valence-electron chi connectivity index (χ0n) is 8.33. The molecule has 3 aromatic carbocycles. The summed E-state index contributed by atoms with van der Waals surface area (Å²) in [4.78, 5) is 0. The molecule has 0 aliphatic carbocycles. The molecule has 0 atom stereocenters. The summed E-state index contributed by atoms with van der Waals surface area (Å²) in [5.41, 5.74) is 1.84. The molecule has 0 spiro atoms. The van der Waals surface area contributed by atoms with E-state index < -0.39 is 0 Å². The average molecular weight is 227 g/mol. The van der Waals surface area contributed by atoms with Crippen LogP contribution in [0.1, 0.15) is 0 Å². The average Bonchev–Trinajstić information content (AvgIpc) is 2.69. The van der Waals surface area contributed by atoms with Crippen molar-refractivity contribution in [3.63, 3.8) is 0 Å². The second-order valence-electron chi connectivity index (χ2n) is 3.99. The van der Waals surface area contributed by atoms with Crippen LogP contribution in [0.25, 0.3) is 32.7 Å². The highest BCUT2D eigenvalue weighted by Gasteiger charge is 2.13. The smallest absolute Gasteiger partial charge is 0.136 e. The van der Waals surface area contributed by atoms with Crippen molar-refractivity contribution < 1.29 is 4.42 Å². The third kappa shape index (κ3) is 0.872. The zero-order chi connectivity index (χ0) is 10.7. The van der Waals surface area contributed by atoms with Crippen molar-refractivity contribution in [2.75, 3.05) is 0 Å². The van der Waals surface area contributed by atoms with Crippen LogP contribution in [-0.2, 0) is 0 Å². The number of hydrogen-bond acceptors (Lipinski definition) is 1. The Morgan fingerprint density at radius 3 is 2.62 bits per heavy atom. The van der Waals surface area contributed by atoms with Crippen molar-refractivity contribution in [3.05, 3.63) is 47.5 Å². The maximum atomic E-state index is 6.20. The van der Waals surface area contributed by atoms with Crippen LogP contribution in [0.5, 0.6) is 0 Å². The van der Waals surface area contributed by atoms with Gasteiger partial charge in [0.15, 0.2) is 0 Å². The molecule has 0 N–H and O–H groups in total. The molecule has 0 aliphatic rings. The van der Waals surface area contributed by atoms with Crippen molar-refractivity contribution >= 4 is 44.3 Å². The SMILES string of the molecule is Clc1ccc2oc3cccc4ccc1c2c43. The second kappa shape index (κ2) is 2.69. The van der Waals surface area contributed by atoms with Gasteiger partial charge >= 0.3 is 0 Å². The van der Waals surface area contributed by atoms with Gasteiger partial charge in [-0.25, -0.2) is 0 Å². The van der Waals surface area contributed by atoms with Crippen molar-refractivity contribution in [1.82, 2.24) is 0 Å². The van der Waals surface area contributed by atoms with Gasteiger partial charge in [0.25, 0.3) is 0 Å². The lowest BCUT2D eigenvalue weighted by Gasteiger charge is -2.01. The second-order valence-corrected chi connectivity index (χ2v) is 4.40. The highest BCUT2D eigenvalue weighted by atomic mass is 35.5. The lowest BCUT2D eigenvalue weighted by atomic mass is 10.0. The van der Waals surface area contributed by atoms with Crippen molar-refractivity contribution in [1.29, 1.82) is 0 Å². The van der Waals surface area contributed by atoms with Crippen LogP contribution in [0, 0.1) is 0 Å². The van der Waals surface area contributed by atoms with E-state index in [1.807, 2.05) is 24.3 Å². The Bertz CT molecular complexity index is 813. The molecule has 1 nitrogen and oxygen atoms in total. The molecule has 0 saturated heterocycles. The van der Waals surface area contributed by atoms with Gasteiger partial charge in [-0.2, -0.15) is 0 Å². The molecular weight excluding hydrogens is 220 g/mol. The number of rotatable bonds is 0. The molecule has 0 radical (unpaired) electrons. The van der Waals surface area contributed by atoms with Crippen molar-refractivity contribution in [3.8, 4) is 0 Å². The third-order valence-electron chi connectivity index (χ3n) is 3.11. The fourth-order valence-corrected chi connectivity index (χ4v) is 2.63. The van der Waals surface area contributed by atoms with Gasteiger partial charge in [0.1, 0.15) is 11.2 Å². The lowest BCUT2D eigenvalue weighted by molar-refractivity contribution is 0.669. The molecule has 0 unspecified atom stereocenters. The Morgan fingerprint density at radius 1 is 0.812 bits per heavy atom. The van der Waals surface area contributed by atoms with Gasteiger partial charge in [0, 0.05) is 21.2 Å². The number of halogens is 1. The molecule has 1 aromatic heterocycles. The normalized spacial score (nSPS) is 12.1. The van der Waals surface area contributed by atoms with Crippen molar-refractivity contribution in [2.24, 2.45) is 0 Å². The van der Waals surface area contributed by atoms with Crippen LogP contribution in [0.2, 0.25) is 5.02 Å². The fraction of sp³-hybridized carbons (Fsp3) is 0. The minimum Gasteiger partial charge on any atom is -0.456 e. The molecule has 0 bridgehead atoms. The first-order valence-corrected chi connectivity index (χ1v) is 5.54. The molecular formula is C14H7ClO. The summed E-state index contributed by atoms with van der Waals surface area (Å²) in [7, 11) is 0. The Hall–Kier alpha value is -1.73. The molecule has 2 heteroatoms. The van der Waals surface area contributed by atoms with E-state index in [1.165, 1.54) is 10.8 Å². The van der Waals surface area contributed by atoms with E-state index in [1.54, 1.807) is 0 Å². The van der Waals surface area contributed by atoms with E-state index in [-0.39, 0.29) is 0 Å². The zero-order valence-corrected chi connectivity index (χ0v) is 9.08. The maximum Gasteiger partial charge on any atom is 0.136 e. The Kier molecular flexibility index (Phi) is 1.41. The Balaban J connectivity index is 2.50. The molecule has 0 saturated carbocycles. The minimum atomic E-state index is 0.779. The maximum absolute atomic E-state index is 6.20. The summed E-state index contributed by atoms with van der Waals surface area (Å²) >= 11 is 6.20. The van der Waals surface area contributed by atoms with Crippen LogP contribution < -0.4 is 0 Å². The topological polar surface area (TPSA) is 13.1 Å². The summed E-state index contributed by atoms with van der Waals surface area (Å²) < 4.78 is 5.81. The van der Waals surface area contributed by atoms with Gasteiger partial charge in [-0.1, -0.05) is 35.9 Å². The van der Waals surface area contributed by atoms with E-state index in [9.17, 15) is 0 Å². The van der Waals surface area contributed by atoms with Crippen LogP contribution in [0.3, 0.4) is 0 Å². The summed E-state index contributed by atoms with van der Waals surface area (Å²) in [6, 6.07) is 14.1. The molecule has 0 aliphatic heterocycles. The predicted octanol–water partition coefficient (Wildman–Crippen LogP) is 4.83. The quantitative estimate of drug-likeness (QED) is 0.392. The predicted molar refractivity (Wildman–Crippen MR) is 67.4 cm³/mol. The molecule has 0 amide bonds. The molecule has 4 rings (SSSR count). The largest absolute Gasteiger partial charge is 0.456 e. The first-order valence-electron chi connectivity index (χ1n) is 5.16. The first-order chi connectivity index (χ1) is 7.84. The van der Waals surface area contributed by atoms with E-state index in [4.69, 9.17) is 16.0 Å². The lowest BCUT2D eigenvalue weighted by Crippen LogP contribution is -1.76. The molecule has 76 valence electrons. The Morgan fingerprint density at radius 2 is 1.69 bits per heavy atom. The Labute approximate surface area is 96.6 Å². The van der Waals surface area contributed by atoms with Gasteiger partial charge in [-0.15, -0.1) is 0 Å². The van der Waals surface area contributed by atoms with Gasteiger partial charge in [0.05, 0.1) is 0 Å². The molecule has 1 heterocycles. The fourth-order valence-electron chi connectivity index (χ4n) is 2.41. The summed E-state index contributed by atoms with van der Waals surface area (Å²) in [5.74, 6) is 0. The van der Waals surface area contributed by atoms with Gasteiger partial charge in [0.2, 0.25) is 0 Å². The standard InChI is InChI=1S/C14H7ClO/c15-10-6-7-12-14-9(10)5-4-8-2-1-3-11(16-12)13(8)14/h1-7H. The first kappa shape index (κ1) is 8.43. The van der Waals surface area contributed by atoms with Crippen LogP contribution in [0.15, 0.2) is 46.9 Å². The third-order valence-corrected chi connectivity index (χ3v) is 3.44. The van der Waals surface area contributed by atoms with Gasteiger partial charge in [-0.3, -0.25) is 0 Å². The number of furan rings is 1. The van der Waals surface area contributed by atoms with Crippen LogP contribution in [-0.4, -0.2) is 0 Å². The monoisotopic (exact) mass is 226 g/mol. The number of hydrogen-bond donors (Lipinski definition) is 0. The van der Waals surface area contributed by atoms with E-state index >= 15 is 0 Å². The number of benzene rings is 3. The van der Waals surface area contributed by atoms with Crippen molar-refractivity contribution in [2.45, 2.75) is 0 Å². The molecule has 16 heavy (non-hydrogen) atoms. The molecule has 0 fully saturated rings. The van der Waals surface area contributed by atoms with Gasteiger partial charge < -0.3 is 4.42 Å². The summed E-state index contributed by atoms with van der Waals surface area (Å²) in [5, 5.41) is 5.36.